The van der Waals surface area contributed by atoms with E-state index in [1.54, 1.807) is 0 Å². The summed E-state index contributed by atoms with van der Waals surface area (Å²) in [6.45, 7) is 10.2. The molecule has 0 spiro atoms. The lowest BCUT2D eigenvalue weighted by Gasteiger charge is -2.34. The Morgan fingerprint density at radius 1 is 1.38 bits per heavy atom. The molecule has 1 aromatic heterocycles. The van der Waals surface area contributed by atoms with Gasteiger partial charge in [-0.05, 0) is 32.3 Å². The van der Waals surface area contributed by atoms with E-state index in [0.717, 1.165) is 38.6 Å². The fourth-order valence-corrected chi connectivity index (χ4v) is 3.72. The average Bonchev–Trinajstić information content (AvgIpc) is 3.13. The molecule has 6 nitrogen and oxygen atoms in total. The van der Waals surface area contributed by atoms with Crippen LogP contribution in [0.4, 0.5) is 5.69 Å². The summed E-state index contributed by atoms with van der Waals surface area (Å²) < 4.78 is 1.87. The van der Waals surface area contributed by atoms with Crippen molar-refractivity contribution in [1.29, 1.82) is 0 Å². The van der Waals surface area contributed by atoms with Crippen molar-refractivity contribution in [3.63, 3.8) is 0 Å². The second-order valence-electron chi connectivity index (χ2n) is 7.84. The summed E-state index contributed by atoms with van der Waals surface area (Å²) in [7, 11) is 1.97. The molecule has 1 saturated heterocycles. The zero-order valence-electron chi connectivity index (χ0n) is 18.1. The van der Waals surface area contributed by atoms with E-state index < -0.39 is 0 Å². The van der Waals surface area contributed by atoms with Crippen molar-refractivity contribution in [3.8, 4) is 0 Å². The largest absolute Gasteiger partial charge is 0.367 e. The number of hydrogen-bond donors (Lipinski definition) is 2. The minimum atomic E-state index is 0. The number of anilines is 1. The molecule has 0 amide bonds. The summed E-state index contributed by atoms with van der Waals surface area (Å²) in [5.74, 6) is 1.31. The van der Waals surface area contributed by atoms with E-state index in [0.29, 0.717) is 12.0 Å². The molecule has 0 aliphatic carbocycles. The van der Waals surface area contributed by atoms with Gasteiger partial charge in [0, 0.05) is 51.4 Å². The van der Waals surface area contributed by atoms with Crippen molar-refractivity contribution >= 4 is 35.6 Å². The predicted molar refractivity (Wildman–Crippen MR) is 133 cm³/mol. The van der Waals surface area contributed by atoms with E-state index in [9.17, 15) is 0 Å². The normalized spacial score (nSPS) is 18.1. The number of guanidine groups is 1. The lowest BCUT2D eigenvalue weighted by atomic mass is 10.00. The van der Waals surface area contributed by atoms with E-state index >= 15 is 0 Å². The molecule has 1 aliphatic rings. The van der Waals surface area contributed by atoms with Gasteiger partial charge >= 0.3 is 0 Å². The highest BCUT2D eigenvalue weighted by Crippen LogP contribution is 2.19. The fourth-order valence-electron chi connectivity index (χ4n) is 3.72. The molecule has 2 N–H and O–H groups in total. The smallest absolute Gasteiger partial charge is 0.191 e. The van der Waals surface area contributed by atoms with Crippen LogP contribution in [0.25, 0.3) is 0 Å². The molecular weight excluding hydrogens is 475 g/mol. The molecule has 2 heterocycles. The molecule has 2 atom stereocenters. The summed E-state index contributed by atoms with van der Waals surface area (Å²) >= 11 is 0. The SMILES string of the molecule is CCNC(=NCC(C)c1cccc(C)c1)NC1CCCN(c2cnn(C)c2)C1.I. The number of benzene rings is 1. The molecule has 0 bridgehead atoms. The van der Waals surface area contributed by atoms with Crippen LogP contribution in [0.1, 0.15) is 43.7 Å². The molecule has 1 aliphatic heterocycles. The van der Waals surface area contributed by atoms with Crippen LogP contribution in [-0.2, 0) is 7.05 Å². The number of aromatic nitrogens is 2. The molecule has 1 aromatic carbocycles. The van der Waals surface area contributed by atoms with E-state index in [1.807, 2.05) is 17.9 Å². The fraction of sp³-hybridized carbons (Fsp3) is 0.545. The molecule has 1 fully saturated rings. The second-order valence-corrected chi connectivity index (χ2v) is 7.84. The molecule has 7 heteroatoms. The van der Waals surface area contributed by atoms with Crippen LogP contribution < -0.4 is 15.5 Å². The first-order valence-corrected chi connectivity index (χ1v) is 10.4. The number of aryl methyl sites for hydroxylation is 2. The second kappa shape index (κ2) is 11.4. The molecule has 0 saturated carbocycles. The topological polar surface area (TPSA) is 57.5 Å². The third-order valence-corrected chi connectivity index (χ3v) is 5.30. The van der Waals surface area contributed by atoms with Crippen molar-refractivity contribution in [1.82, 2.24) is 20.4 Å². The van der Waals surface area contributed by atoms with Gasteiger partial charge in [-0.2, -0.15) is 5.10 Å². The van der Waals surface area contributed by atoms with Crippen molar-refractivity contribution in [3.05, 3.63) is 47.8 Å². The Labute approximate surface area is 192 Å². The Morgan fingerprint density at radius 3 is 2.90 bits per heavy atom. The van der Waals surface area contributed by atoms with E-state index in [-0.39, 0.29) is 24.0 Å². The maximum absolute atomic E-state index is 4.87. The van der Waals surface area contributed by atoms with Crippen LogP contribution in [-0.4, -0.2) is 48.0 Å². The first-order chi connectivity index (χ1) is 13.5. The lowest BCUT2D eigenvalue weighted by molar-refractivity contribution is 0.468. The number of nitrogens with one attached hydrogen (secondary N) is 2. The van der Waals surface area contributed by atoms with Gasteiger partial charge in [0.05, 0.1) is 11.9 Å². The van der Waals surface area contributed by atoms with E-state index in [4.69, 9.17) is 4.99 Å². The standard InChI is InChI=1S/C22H34N6.HI/c1-5-23-22(24-13-18(3)19-9-6-8-17(2)12-19)26-20-10-7-11-28(15-20)21-14-25-27(4)16-21;/h6,8-9,12,14,16,18,20H,5,7,10-11,13,15H2,1-4H3,(H2,23,24,26);1H. The monoisotopic (exact) mass is 510 g/mol. The quantitative estimate of drug-likeness (QED) is 0.354. The predicted octanol–water partition coefficient (Wildman–Crippen LogP) is 3.67. The summed E-state index contributed by atoms with van der Waals surface area (Å²) in [5.41, 5.74) is 3.85. The third kappa shape index (κ3) is 6.90. The van der Waals surface area contributed by atoms with E-state index in [1.165, 1.54) is 23.2 Å². The minimum absolute atomic E-state index is 0. The molecule has 29 heavy (non-hydrogen) atoms. The van der Waals surface area contributed by atoms with Crippen LogP contribution in [0.15, 0.2) is 41.7 Å². The van der Waals surface area contributed by atoms with Crippen LogP contribution in [0.5, 0.6) is 0 Å². The zero-order valence-corrected chi connectivity index (χ0v) is 20.4. The van der Waals surface area contributed by atoms with Crippen molar-refractivity contribution < 1.29 is 0 Å². The summed E-state index contributed by atoms with van der Waals surface area (Å²) in [4.78, 5) is 7.28. The average molecular weight is 510 g/mol. The Morgan fingerprint density at radius 2 is 2.21 bits per heavy atom. The summed E-state index contributed by atoms with van der Waals surface area (Å²) in [6.07, 6.45) is 6.37. The number of nitrogens with zero attached hydrogens (tertiary/aromatic N) is 4. The lowest BCUT2D eigenvalue weighted by Crippen LogP contribution is -2.51. The van der Waals surface area contributed by atoms with Crippen LogP contribution >= 0.6 is 24.0 Å². The van der Waals surface area contributed by atoms with Crippen LogP contribution in [0, 0.1) is 6.92 Å². The maximum atomic E-state index is 4.87. The first-order valence-electron chi connectivity index (χ1n) is 10.4. The Hall–Kier alpha value is -1.77. The number of hydrogen-bond acceptors (Lipinski definition) is 3. The van der Waals surface area contributed by atoms with Gasteiger partial charge in [-0.3, -0.25) is 9.67 Å². The Bertz CT molecular complexity index is 787. The van der Waals surface area contributed by atoms with Gasteiger partial charge < -0.3 is 15.5 Å². The molecule has 0 radical (unpaired) electrons. The van der Waals surface area contributed by atoms with Crippen molar-refractivity contribution in [2.24, 2.45) is 12.0 Å². The first kappa shape index (κ1) is 23.5. The van der Waals surface area contributed by atoms with Gasteiger partial charge in [0.1, 0.15) is 0 Å². The summed E-state index contributed by atoms with van der Waals surface area (Å²) in [5, 5.41) is 11.4. The highest BCUT2D eigenvalue weighted by molar-refractivity contribution is 14.0. The number of piperidine rings is 1. The number of rotatable bonds is 6. The van der Waals surface area contributed by atoms with E-state index in [2.05, 4.69) is 71.9 Å². The summed E-state index contributed by atoms with van der Waals surface area (Å²) in [6, 6.07) is 9.11. The highest BCUT2D eigenvalue weighted by atomic mass is 127. The molecule has 3 rings (SSSR count). The Kier molecular flexibility index (Phi) is 9.26. The van der Waals surface area contributed by atoms with Gasteiger partial charge in [-0.15, -0.1) is 24.0 Å². The van der Waals surface area contributed by atoms with Crippen LogP contribution in [0.3, 0.4) is 0 Å². The highest BCUT2D eigenvalue weighted by Gasteiger charge is 2.21. The van der Waals surface area contributed by atoms with Gasteiger partial charge in [0.2, 0.25) is 0 Å². The van der Waals surface area contributed by atoms with Gasteiger partial charge in [0.15, 0.2) is 5.96 Å². The number of aliphatic imine (C=N–C) groups is 1. The van der Waals surface area contributed by atoms with Crippen LogP contribution in [0.2, 0.25) is 0 Å². The molecule has 160 valence electrons. The van der Waals surface area contributed by atoms with Gasteiger partial charge in [-0.1, -0.05) is 36.8 Å². The van der Waals surface area contributed by atoms with Crippen molar-refractivity contribution in [2.75, 3.05) is 31.1 Å². The molecule has 2 aromatic rings. The molecule has 2 unspecified atom stereocenters. The number of halogens is 1. The third-order valence-electron chi connectivity index (χ3n) is 5.30. The van der Waals surface area contributed by atoms with Gasteiger partial charge in [-0.25, -0.2) is 0 Å². The Balaban J connectivity index is 0.00000300. The minimum Gasteiger partial charge on any atom is -0.367 e. The maximum Gasteiger partial charge on any atom is 0.191 e. The van der Waals surface area contributed by atoms with Crippen molar-refractivity contribution in [2.45, 2.75) is 45.6 Å². The van der Waals surface area contributed by atoms with Gasteiger partial charge in [0.25, 0.3) is 0 Å². The molecular formula is C22H35IN6. The zero-order chi connectivity index (χ0) is 19.9.